The second-order valence-corrected chi connectivity index (χ2v) is 3.65. The predicted molar refractivity (Wildman–Crippen MR) is 57.6 cm³/mol. The molecule has 0 radical (unpaired) electrons. The zero-order chi connectivity index (χ0) is 13.0. The number of hydrogen-bond acceptors (Lipinski definition) is 4. The molecule has 1 aromatic rings. The Bertz CT molecular complexity index is 486. The largest absolute Gasteiger partial charge is 0.462 e. The summed E-state index contributed by atoms with van der Waals surface area (Å²) < 4.78 is 29.9. The van der Waals surface area contributed by atoms with Crippen molar-refractivity contribution >= 4 is 21.9 Å². The summed E-state index contributed by atoms with van der Waals surface area (Å²) in [5, 5.41) is 8.64. The van der Waals surface area contributed by atoms with E-state index in [0.29, 0.717) is 0 Å². The van der Waals surface area contributed by atoms with Crippen LogP contribution < -0.4 is 0 Å². The van der Waals surface area contributed by atoms with E-state index in [-0.39, 0.29) is 16.8 Å². The molecule has 17 heavy (non-hydrogen) atoms. The van der Waals surface area contributed by atoms with Crippen LogP contribution in [0.1, 0.15) is 35.0 Å². The molecule has 0 aliphatic rings. The smallest absolute Gasteiger partial charge is 0.340 e. The van der Waals surface area contributed by atoms with Gasteiger partial charge < -0.3 is 4.74 Å². The van der Waals surface area contributed by atoms with E-state index in [2.05, 4.69) is 25.7 Å². The number of rotatable bonds is 3. The number of alkyl halides is 2. The van der Waals surface area contributed by atoms with E-state index >= 15 is 0 Å². The number of halogens is 3. The summed E-state index contributed by atoms with van der Waals surface area (Å²) >= 11 is 2.93. The van der Waals surface area contributed by atoms with Crippen molar-refractivity contribution in [3.05, 3.63) is 27.5 Å². The first-order valence-electron chi connectivity index (χ1n) is 4.57. The monoisotopic (exact) mass is 304 g/mol. The van der Waals surface area contributed by atoms with Gasteiger partial charge >= 0.3 is 5.97 Å². The average molecular weight is 305 g/mol. The van der Waals surface area contributed by atoms with Crippen LogP contribution in [-0.2, 0) is 4.74 Å². The number of aromatic nitrogens is 1. The molecular formula is C10H7BrF2N2O2. The molecule has 0 spiro atoms. The van der Waals surface area contributed by atoms with E-state index in [1.54, 1.807) is 13.0 Å². The molecule has 1 heterocycles. The Balaban J connectivity index is 3.30. The van der Waals surface area contributed by atoms with Crippen LogP contribution >= 0.6 is 15.9 Å². The lowest BCUT2D eigenvalue weighted by molar-refractivity contribution is 0.0524. The zero-order valence-electron chi connectivity index (χ0n) is 8.71. The quantitative estimate of drug-likeness (QED) is 0.636. The first-order chi connectivity index (χ1) is 8.01. The molecule has 90 valence electrons. The Morgan fingerprint density at radius 3 is 2.82 bits per heavy atom. The molecule has 0 saturated heterocycles. The second-order valence-electron chi connectivity index (χ2n) is 2.90. The van der Waals surface area contributed by atoms with Crippen LogP contribution in [0.25, 0.3) is 0 Å². The van der Waals surface area contributed by atoms with Gasteiger partial charge in [0.05, 0.1) is 17.7 Å². The number of ether oxygens (including phenoxy) is 1. The van der Waals surface area contributed by atoms with E-state index < -0.39 is 23.7 Å². The van der Waals surface area contributed by atoms with Gasteiger partial charge in [0.15, 0.2) is 5.69 Å². The van der Waals surface area contributed by atoms with Crippen molar-refractivity contribution in [1.82, 2.24) is 4.98 Å². The SMILES string of the molecule is CCOC(=O)c1cc(C(F)F)c(C#N)nc1Br. The van der Waals surface area contributed by atoms with Gasteiger partial charge in [-0.2, -0.15) is 5.26 Å². The van der Waals surface area contributed by atoms with Gasteiger partial charge in [0.25, 0.3) is 6.43 Å². The van der Waals surface area contributed by atoms with E-state index in [1.165, 1.54) is 0 Å². The Morgan fingerprint density at radius 1 is 1.71 bits per heavy atom. The van der Waals surface area contributed by atoms with Gasteiger partial charge in [0.1, 0.15) is 10.7 Å². The Kier molecular flexibility index (Phi) is 4.52. The number of carbonyl (C=O) groups excluding carboxylic acids is 1. The zero-order valence-corrected chi connectivity index (χ0v) is 10.3. The van der Waals surface area contributed by atoms with Gasteiger partial charge in [-0.3, -0.25) is 0 Å². The van der Waals surface area contributed by atoms with Crippen molar-refractivity contribution < 1.29 is 18.3 Å². The molecule has 7 heteroatoms. The summed E-state index contributed by atoms with van der Waals surface area (Å²) in [4.78, 5) is 15.0. The number of nitriles is 1. The summed E-state index contributed by atoms with van der Waals surface area (Å²) in [6, 6.07) is 2.46. The van der Waals surface area contributed by atoms with Crippen LogP contribution in [0.15, 0.2) is 10.7 Å². The maximum absolute atomic E-state index is 12.6. The van der Waals surface area contributed by atoms with Crippen LogP contribution in [0.2, 0.25) is 0 Å². The fourth-order valence-electron chi connectivity index (χ4n) is 1.11. The Morgan fingerprint density at radius 2 is 2.35 bits per heavy atom. The number of hydrogen-bond donors (Lipinski definition) is 0. The van der Waals surface area contributed by atoms with Gasteiger partial charge in [-0.25, -0.2) is 18.6 Å². The predicted octanol–water partition coefficient (Wildman–Crippen LogP) is 2.83. The third kappa shape index (κ3) is 2.97. The third-order valence-electron chi connectivity index (χ3n) is 1.84. The highest BCUT2D eigenvalue weighted by molar-refractivity contribution is 9.10. The van der Waals surface area contributed by atoms with Crippen LogP contribution in [0.5, 0.6) is 0 Å². The molecule has 0 aliphatic carbocycles. The van der Waals surface area contributed by atoms with Crippen molar-refractivity contribution in [2.24, 2.45) is 0 Å². The third-order valence-corrected chi connectivity index (χ3v) is 2.45. The highest BCUT2D eigenvalue weighted by atomic mass is 79.9. The molecular weight excluding hydrogens is 298 g/mol. The summed E-state index contributed by atoms with van der Waals surface area (Å²) in [5.74, 6) is -0.765. The molecule has 0 unspecified atom stereocenters. The highest BCUT2D eigenvalue weighted by Crippen LogP contribution is 2.26. The Hall–Kier alpha value is -1.55. The maximum atomic E-state index is 12.6. The first-order valence-corrected chi connectivity index (χ1v) is 5.36. The molecule has 0 atom stereocenters. The second kappa shape index (κ2) is 5.68. The van der Waals surface area contributed by atoms with Crippen LogP contribution in [0, 0.1) is 11.3 Å². The molecule has 0 fully saturated rings. The van der Waals surface area contributed by atoms with Crippen molar-refractivity contribution in [1.29, 1.82) is 5.26 Å². The number of carbonyl (C=O) groups is 1. The van der Waals surface area contributed by atoms with E-state index in [4.69, 9.17) is 5.26 Å². The minimum atomic E-state index is -2.88. The topological polar surface area (TPSA) is 63.0 Å². The van der Waals surface area contributed by atoms with Crippen LogP contribution in [0.3, 0.4) is 0 Å². The van der Waals surface area contributed by atoms with Gasteiger partial charge in [-0.15, -0.1) is 0 Å². The minimum absolute atomic E-state index is 0.0110. The lowest BCUT2D eigenvalue weighted by atomic mass is 10.1. The number of pyridine rings is 1. The van der Waals surface area contributed by atoms with Crippen molar-refractivity contribution in [2.75, 3.05) is 6.61 Å². The molecule has 0 bridgehead atoms. The van der Waals surface area contributed by atoms with Crippen LogP contribution in [0.4, 0.5) is 8.78 Å². The normalized spacial score (nSPS) is 10.1. The van der Waals surface area contributed by atoms with Crippen molar-refractivity contribution in [3.8, 4) is 6.07 Å². The molecule has 0 aliphatic heterocycles. The standard InChI is InChI=1S/C10H7BrF2N2O2/c1-2-17-10(16)6-3-5(9(12)13)7(4-14)15-8(6)11/h3,9H,2H2,1H3. The summed E-state index contributed by atoms with van der Waals surface area (Å²) in [5.41, 5.74) is -1.13. The van der Waals surface area contributed by atoms with E-state index in [1.807, 2.05) is 0 Å². The average Bonchev–Trinajstić information content (AvgIpc) is 2.28. The van der Waals surface area contributed by atoms with Gasteiger partial charge in [-0.1, -0.05) is 0 Å². The molecule has 4 nitrogen and oxygen atoms in total. The molecule has 1 rings (SSSR count). The molecule has 0 saturated carbocycles. The minimum Gasteiger partial charge on any atom is -0.462 e. The number of esters is 1. The van der Waals surface area contributed by atoms with Crippen LogP contribution in [-0.4, -0.2) is 17.6 Å². The maximum Gasteiger partial charge on any atom is 0.340 e. The van der Waals surface area contributed by atoms with Crippen molar-refractivity contribution in [3.63, 3.8) is 0 Å². The number of nitrogens with zero attached hydrogens (tertiary/aromatic N) is 2. The summed E-state index contributed by atoms with van der Waals surface area (Å²) in [6.45, 7) is 1.71. The lowest BCUT2D eigenvalue weighted by Crippen LogP contribution is -2.09. The molecule has 0 aromatic carbocycles. The molecule has 1 aromatic heterocycles. The lowest BCUT2D eigenvalue weighted by Gasteiger charge is -2.07. The van der Waals surface area contributed by atoms with Gasteiger partial charge in [0, 0.05) is 0 Å². The van der Waals surface area contributed by atoms with Gasteiger partial charge in [-0.05, 0) is 28.9 Å². The molecule has 0 amide bonds. The summed E-state index contributed by atoms with van der Waals surface area (Å²) in [6.07, 6.45) is -2.88. The van der Waals surface area contributed by atoms with Crippen molar-refractivity contribution in [2.45, 2.75) is 13.3 Å². The van der Waals surface area contributed by atoms with E-state index in [9.17, 15) is 13.6 Å². The van der Waals surface area contributed by atoms with E-state index in [0.717, 1.165) is 6.07 Å². The first kappa shape index (κ1) is 13.5. The fourth-order valence-corrected chi connectivity index (χ4v) is 1.57. The highest BCUT2D eigenvalue weighted by Gasteiger charge is 2.21. The molecule has 0 N–H and O–H groups in total. The Labute approximate surface area is 104 Å². The summed E-state index contributed by atoms with van der Waals surface area (Å²) in [7, 11) is 0. The van der Waals surface area contributed by atoms with Gasteiger partial charge in [0.2, 0.25) is 0 Å². The fraction of sp³-hybridized carbons (Fsp3) is 0.300.